The molecule has 0 radical (unpaired) electrons. The van der Waals surface area contributed by atoms with Gasteiger partial charge in [0.1, 0.15) is 0 Å². The number of hydrogen-bond acceptors (Lipinski definition) is 4. The van der Waals surface area contributed by atoms with Gasteiger partial charge in [-0.2, -0.15) is 0 Å². The lowest BCUT2D eigenvalue weighted by Crippen LogP contribution is -2.24. The Hall–Kier alpha value is -0.290. The Morgan fingerprint density at radius 1 is 1.77 bits per heavy atom. The van der Waals surface area contributed by atoms with Gasteiger partial charge in [-0.15, -0.1) is 0 Å². The van der Waals surface area contributed by atoms with Gasteiger partial charge in [-0.25, -0.2) is 0 Å². The molecule has 5 heteroatoms. The van der Waals surface area contributed by atoms with E-state index in [0.29, 0.717) is 23.3 Å². The van der Waals surface area contributed by atoms with Crippen LogP contribution in [-0.2, 0) is 9.53 Å². The van der Waals surface area contributed by atoms with Crippen molar-refractivity contribution >= 4 is 34.3 Å². The molecule has 3 nitrogen and oxygen atoms in total. The molecule has 0 spiro atoms. The first-order chi connectivity index (χ1) is 6.24. The van der Waals surface area contributed by atoms with E-state index >= 15 is 0 Å². The highest BCUT2D eigenvalue weighted by molar-refractivity contribution is 8.22. The topological polar surface area (TPSA) is 29.5 Å². The number of thiocarbonyl (C=S) groups is 1. The van der Waals surface area contributed by atoms with Crippen molar-refractivity contribution in [2.75, 3.05) is 19.0 Å². The number of carbonyl (C=O) groups excluding carboxylic acids is 1. The number of likely N-dealkylation sites (tertiary alicyclic amines) is 1. The lowest BCUT2D eigenvalue weighted by Gasteiger charge is -2.14. The van der Waals surface area contributed by atoms with Gasteiger partial charge in [0.2, 0.25) is 10.3 Å². The fourth-order valence-corrected chi connectivity index (χ4v) is 2.14. The van der Waals surface area contributed by atoms with Crippen LogP contribution in [-0.4, -0.2) is 34.2 Å². The maximum Gasteiger partial charge on any atom is 0.223 e. The molecule has 0 aliphatic carbocycles. The van der Waals surface area contributed by atoms with E-state index in [1.165, 1.54) is 11.8 Å². The average molecular weight is 219 g/mol. The molecule has 0 aromatic carbocycles. The molecule has 1 saturated heterocycles. The predicted octanol–water partition coefficient (Wildman–Crippen LogP) is 1.62. The zero-order chi connectivity index (χ0) is 9.68. The van der Waals surface area contributed by atoms with Crippen LogP contribution in [0.25, 0.3) is 0 Å². The molecule has 1 aliphatic heterocycles. The minimum Gasteiger partial charge on any atom is -0.479 e. The van der Waals surface area contributed by atoms with Crippen LogP contribution in [0, 0.1) is 0 Å². The molecule has 1 aliphatic rings. The van der Waals surface area contributed by atoms with Crippen molar-refractivity contribution in [3.8, 4) is 0 Å². The first-order valence-electron chi connectivity index (χ1n) is 4.31. The Morgan fingerprint density at radius 3 is 3.08 bits per heavy atom. The lowest BCUT2D eigenvalue weighted by molar-refractivity contribution is -0.126. The number of thioether (sulfide) groups is 1. The zero-order valence-corrected chi connectivity index (χ0v) is 9.25. The Morgan fingerprint density at radius 2 is 2.54 bits per heavy atom. The molecular formula is C8H13NO2S2. The van der Waals surface area contributed by atoms with Crippen LogP contribution in [0.5, 0.6) is 0 Å². The number of rotatable bonds is 3. The van der Waals surface area contributed by atoms with E-state index in [4.69, 9.17) is 17.0 Å². The first kappa shape index (κ1) is 10.8. The molecule has 1 rings (SSSR count). The minimum absolute atomic E-state index is 0.229. The van der Waals surface area contributed by atoms with Crippen molar-refractivity contribution in [3.05, 3.63) is 0 Å². The minimum atomic E-state index is 0.229. The van der Waals surface area contributed by atoms with E-state index in [9.17, 15) is 4.79 Å². The van der Waals surface area contributed by atoms with Crippen molar-refractivity contribution < 1.29 is 9.53 Å². The van der Waals surface area contributed by atoms with Gasteiger partial charge in [-0.05, 0) is 25.6 Å². The maximum absolute atomic E-state index is 11.2. The fourth-order valence-electron chi connectivity index (χ4n) is 1.13. The van der Waals surface area contributed by atoms with E-state index in [1.807, 2.05) is 11.8 Å². The van der Waals surface area contributed by atoms with E-state index < -0.39 is 0 Å². The lowest BCUT2D eigenvalue weighted by atomic mass is 10.4. The van der Waals surface area contributed by atoms with Gasteiger partial charge in [-0.1, -0.05) is 11.8 Å². The summed E-state index contributed by atoms with van der Waals surface area (Å²) in [5.41, 5.74) is 0. The van der Waals surface area contributed by atoms with Crippen LogP contribution in [0.1, 0.15) is 19.8 Å². The van der Waals surface area contributed by atoms with Crippen molar-refractivity contribution in [2.45, 2.75) is 19.8 Å². The highest BCUT2D eigenvalue weighted by atomic mass is 32.2. The summed E-state index contributed by atoms with van der Waals surface area (Å²) in [6, 6.07) is 0. The Labute approximate surface area is 87.8 Å². The third-order valence-electron chi connectivity index (χ3n) is 1.77. The first-order valence-corrected chi connectivity index (χ1v) is 5.70. The monoisotopic (exact) mass is 219 g/mol. The largest absolute Gasteiger partial charge is 0.479 e. The van der Waals surface area contributed by atoms with Gasteiger partial charge >= 0.3 is 0 Å². The van der Waals surface area contributed by atoms with Crippen molar-refractivity contribution in [1.29, 1.82) is 0 Å². The van der Waals surface area contributed by atoms with Crippen molar-refractivity contribution in [1.82, 2.24) is 4.90 Å². The molecule has 1 amide bonds. The van der Waals surface area contributed by atoms with Crippen molar-refractivity contribution in [2.24, 2.45) is 0 Å². The average Bonchev–Trinajstić information content (AvgIpc) is 2.48. The van der Waals surface area contributed by atoms with Gasteiger partial charge < -0.3 is 9.64 Å². The molecule has 0 unspecified atom stereocenters. The van der Waals surface area contributed by atoms with E-state index in [1.54, 1.807) is 0 Å². The number of amides is 1. The molecule has 0 N–H and O–H groups in total. The standard InChI is InChI=1S/C8H13NO2S2/c1-2-11-8(12)13-6-9-5-3-4-7(9)10/h2-6H2,1H3. The van der Waals surface area contributed by atoms with Crippen LogP contribution in [0.4, 0.5) is 0 Å². The number of ether oxygens (including phenoxy) is 1. The summed E-state index contributed by atoms with van der Waals surface area (Å²) in [5.74, 6) is 0.865. The molecule has 0 aromatic heterocycles. The van der Waals surface area contributed by atoms with Crippen LogP contribution >= 0.6 is 24.0 Å². The molecule has 13 heavy (non-hydrogen) atoms. The second-order valence-corrected chi connectivity index (χ2v) is 4.26. The second-order valence-electron chi connectivity index (χ2n) is 2.72. The molecule has 0 saturated carbocycles. The summed E-state index contributed by atoms with van der Waals surface area (Å²) in [7, 11) is 0. The highest BCUT2D eigenvalue weighted by Gasteiger charge is 2.20. The summed E-state index contributed by atoms with van der Waals surface area (Å²) in [6.45, 7) is 3.36. The highest BCUT2D eigenvalue weighted by Crippen LogP contribution is 2.15. The molecule has 74 valence electrons. The summed E-state index contributed by atoms with van der Waals surface area (Å²) in [4.78, 5) is 13.0. The van der Waals surface area contributed by atoms with Gasteiger partial charge in [-0.3, -0.25) is 4.79 Å². The van der Waals surface area contributed by atoms with Gasteiger partial charge in [0.05, 0.1) is 12.5 Å². The number of nitrogens with zero attached hydrogens (tertiary/aromatic N) is 1. The molecule has 0 atom stereocenters. The second kappa shape index (κ2) is 5.44. The summed E-state index contributed by atoms with van der Waals surface area (Å²) in [6.07, 6.45) is 1.66. The number of carbonyl (C=O) groups is 1. The molecule has 0 aromatic rings. The SMILES string of the molecule is CCOC(=S)SCN1CCCC1=O. The van der Waals surface area contributed by atoms with Crippen LogP contribution in [0.2, 0.25) is 0 Å². The van der Waals surface area contributed by atoms with E-state index in [-0.39, 0.29) is 5.91 Å². The summed E-state index contributed by atoms with van der Waals surface area (Å²) < 4.78 is 5.62. The normalized spacial score (nSPS) is 16.4. The molecular weight excluding hydrogens is 206 g/mol. The van der Waals surface area contributed by atoms with Gasteiger partial charge in [0, 0.05) is 13.0 Å². The van der Waals surface area contributed by atoms with E-state index in [0.717, 1.165) is 13.0 Å². The Balaban J connectivity index is 2.18. The third kappa shape index (κ3) is 3.52. The third-order valence-corrected chi connectivity index (χ3v) is 3.04. The number of hydrogen-bond donors (Lipinski definition) is 0. The maximum atomic E-state index is 11.2. The van der Waals surface area contributed by atoms with Gasteiger partial charge in [0.15, 0.2) is 0 Å². The molecule has 1 heterocycles. The predicted molar refractivity (Wildman–Crippen MR) is 57.6 cm³/mol. The Kier molecular flexibility index (Phi) is 4.52. The molecule has 1 fully saturated rings. The summed E-state index contributed by atoms with van der Waals surface area (Å²) in [5, 5.41) is 0. The van der Waals surface area contributed by atoms with Gasteiger partial charge in [0.25, 0.3) is 0 Å². The van der Waals surface area contributed by atoms with Crippen molar-refractivity contribution in [3.63, 3.8) is 0 Å². The van der Waals surface area contributed by atoms with E-state index in [2.05, 4.69) is 0 Å². The van der Waals surface area contributed by atoms with Crippen LogP contribution in [0.15, 0.2) is 0 Å². The summed E-state index contributed by atoms with van der Waals surface area (Å²) >= 11 is 6.35. The molecule has 0 bridgehead atoms. The quantitative estimate of drug-likeness (QED) is 0.675. The zero-order valence-electron chi connectivity index (χ0n) is 7.62. The van der Waals surface area contributed by atoms with Crippen LogP contribution < -0.4 is 0 Å². The fraction of sp³-hybridized carbons (Fsp3) is 0.750. The Bertz CT molecular complexity index is 208. The van der Waals surface area contributed by atoms with Crippen LogP contribution in [0.3, 0.4) is 0 Å². The smallest absolute Gasteiger partial charge is 0.223 e.